The number of carbonyl (C=O) groups excluding carboxylic acids is 2. The third-order valence-corrected chi connectivity index (χ3v) is 6.03. The molecule has 1 atom stereocenters. The van der Waals surface area contributed by atoms with E-state index in [2.05, 4.69) is 21.2 Å². The summed E-state index contributed by atoms with van der Waals surface area (Å²) in [6.07, 6.45) is 0.412. The average Bonchev–Trinajstić information content (AvgIpc) is 2.89. The van der Waals surface area contributed by atoms with Crippen molar-refractivity contribution in [2.24, 2.45) is 0 Å². The van der Waals surface area contributed by atoms with Crippen molar-refractivity contribution in [1.82, 2.24) is 4.90 Å². The molecule has 0 aliphatic carbocycles. The molecule has 29 heavy (non-hydrogen) atoms. The van der Waals surface area contributed by atoms with Crippen molar-refractivity contribution in [3.8, 4) is 0 Å². The van der Waals surface area contributed by atoms with E-state index in [-0.39, 0.29) is 24.4 Å². The zero-order chi connectivity index (χ0) is 20.2. The zero-order valence-corrected chi connectivity index (χ0v) is 17.8. The summed E-state index contributed by atoms with van der Waals surface area (Å²) in [6, 6.07) is 15.4. The number of carbonyl (C=O) groups is 2. The van der Waals surface area contributed by atoms with E-state index in [0.717, 1.165) is 54.1 Å². The predicted molar refractivity (Wildman–Crippen MR) is 114 cm³/mol. The molecule has 1 unspecified atom stereocenters. The normalized spacial score (nSPS) is 20.0. The number of nitrogens with one attached hydrogen (secondary N) is 2. The van der Waals surface area contributed by atoms with Gasteiger partial charge in [0.25, 0.3) is 0 Å². The Balaban J connectivity index is 1.66. The molecule has 2 aromatic rings. The number of anilines is 1. The molecule has 4 rings (SSSR count). The average molecular weight is 459 g/mol. The van der Waals surface area contributed by atoms with Crippen molar-refractivity contribution in [2.75, 3.05) is 44.7 Å². The number of quaternary nitrogens is 1. The lowest BCUT2D eigenvalue weighted by Gasteiger charge is -2.31. The second-order valence-electron chi connectivity index (χ2n) is 7.48. The molecular weight excluding hydrogens is 434 g/mol. The van der Waals surface area contributed by atoms with E-state index in [4.69, 9.17) is 4.74 Å². The third kappa shape index (κ3) is 4.69. The first-order chi connectivity index (χ1) is 14.1. The molecule has 0 saturated carbocycles. The van der Waals surface area contributed by atoms with E-state index in [9.17, 15) is 9.59 Å². The Morgan fingerprint density at radius 1 is 1.17 bits per heavy atom. The van der Waals surface area contributed by atoms with Crippen LogP contribution in [-0.4, -0.2) is 56.1 Å². The number of rotatable bonds is 4. The molecule has 2 aromatic carbocycles. The minimum absolute atomic E-state index is 0.000760. The van der Waals surface area contributed by atoms with Gasteiger partial charge in [-0.25, -0.2) is 0 Å². The third-order valence-electron chi connectivity index (χ3n) is 5.54. The maximum atomic E-state index is 13.3. The number of nitrogens with zero attached hydrogens (tertiary/aromatic N) is 1. The molecule has 0 bridgehead atoms. The van der Waals surface area contributed by atoms with Crippen LogP contribution in [0.4, 0.5) is 5.69 Å². The topological polar surface area (TPSA) is 63.1 Å². The molecule has 2 N–H and O–H groups in total. The number of benzene rings is 2. The van der Waals surface area contributed by atoms with Gasteiger partial charge >= 0.3 is 0 Å². The summed E-state index contributed by atoms with van der Waals surface area (Å²) in [4.78, 5) is 29.0. The van der Waals surface area contributed by atoms with Gasteiger partial charge in [-0.1, -0.05) is 46.3 Å². The summed E-state index contributed by atoms with van der Waals surface area (Å²) < 4.78 is 6.32. The molecule has 2 aliphatic rings. The molecule has 7 heteroatoms. The Bertz CT molecular complexity index is 884. The highest BCUT2D eigenvalue weighted by Gasteiger charge is 2.33. The lowest BCUT2D eigenvalue weighted by atomic mass is 9.95. The van der Waals surface area contributed by atoms with Crippen molar-refractivity contribution in [3.63, 3.8) is 0 Å². The molecule has 0 aromatic heterocycles. The van der Waals surface area contributed by atoms with Gasteiger partial charge in [-0.2, -0.15) is 0 Å². The van der Waals surface area contributed by atoms with Crippen molar-refractivity contribution in [2.45, 2.75) is 12.5 Å². The van der Waals surface area contributed by atoms with Crippen LogP contribution in [0.1, 0.15) is 23.6 Å². The largest absolute Gasteiger partial charge is 0.370 e. The van der Waals surface area contributed by atoms with Gasteiger partial charge in [0.05, 0.1) is 32.2 Å². The van der Waals surface area contributed by atoms with Crippen LogP contribution < -0.4 is 10.2 Å². The molecule has 1 saturated heterocycles. The second kappa shape index (κ2) is 9.07. The standard InChI is InChI=1S/C22H24BrN3O3/c23-17-6-7-19-18(14-17)22(16-4-2-1-3-5-16)26(15-20(27)24-19)21(28)8-9-25-10-12-29-13-11-25/h1-7,14,22H,8-13,15H2,(H,24,27)/p+1. The second-order valence-corrected chi connectivity index (χ2v) is 8.39. The monoisotopic (exact) mass is 458 g/mol. The SMILES string of the molecule is O=C1CN(C(=O)CC[NH+]2CCOCC2)C(c2ccccc2)c2cc(Br)ccc2N1. The van der Waals surface area contributed by atoms with Crippen LogP contribution in [0.25, 0.3) is 0 Å². The van der Waals surface area contributed by atoms with Gasteiger partial charge in [0.2, 0.25) is 11.8 Å². The highest BCUT2D eigenvalue weighted by molar-refractivity contribution is 9.10. The van der Waals surface area contributed by atoms with Gasteiger partial charge < -0.3 is 19.9 Å². The Morgan fingerprint density at radius 2 is 1.93 bits per heavy atom. The van der Waals surface area contributed by atoms with Gasteiger partial charge in [-0.05, 0) is 23.8 Å². The maximum Gasteiger partial charge on any atom is 0.244 e. The fraction of sp³-hybridized carbons (Fsp3) is 0.364. The quantitative estimate of drug-likeness (QED) is 0.731. The smallest absolute Gasteiger partial charge is 0.244 e. The lowest BCUT2D eigenvalue weighted by molar-refractivity contribution is -0.907. The van der Waals surface area contributed by atoms with Crippen molar-refractivity contribution < 1.29 is 19.2 Å². The summed E-state index contributed by atoms with van der Waals surface area (Å²) in [6.45, 7) is 4.13. The van der Waals surface area contributed by atoms with Gasteiger partial charge in [0.15, 0.2) is 0 Å². The molecule has 6 nitrogen and oxygen atoms in total. The van der Waals surface area contributed by atoms with Crippen LogP contribution in [0.2, 0.25) is 0 Å². The van der Waals surface area contributed by atoms with Gasteiger partial charge in [0, 0.05) is 15.7 Å². The number of hydrogen-bond acceptors (Lipinski definition) is 3. The molecular formula is C22H25BrN3O3+. The van der Waals surface area contributed by atoms with Crippen LogP contribution in [0.3, 0.4) is 0 Å². The molecule has 2 heterocycles. The Labute approximate surface area is 178 Å². The van der Waals surface area contributed by atoms with E-state index in [1.54, 1.807) is 4.90 Å². The maximum absolute atomic E-state index is 13.3. The summed E-state index contributed by atoms with van der Waals surface area (Å²) in [5.41, 5.74) is 2.67. The number of halogens is 1. The van der Waals surface area contributed by atoms with Crippen LogP contribution in [0, 0.1) is 0 Å². The predicted octanol–water partition coefficient (Wildman–Crippen LogP) is 1.62. The highest BCUT2D eigenvalue weighted by atomic mass is 79.9. The number of fused-ring (bicyclic) bond motifs is 1. The van der Waals surface area contributed by atoms with Crippen molar-refractivity contribution in [3.05, 3.63) is 64.1 Å². The van der Waals surface area contributed by atoms with E-state index in [1.165, 1.54) is 4.90 Å². The van der Waals surface area contributed by atoms with Gasteiger partial charge in [0.1, 0.15) is 19.6 Å². The Hall–Kier alpha value is -2.22. The van der Waals surface area contributed by atoms with Crippen molar-refractivity contribution in [1.29, 1.82) is 0 Å². The molecule has 152 valence electrons. The molecule has 2 amide bonds. The van der Waals surface area contributed by atoms with Gasteiger partial charge in [-0.3, -0.25) is 9.59 Å². The highest BCUT2D eigenvalue weighted by Crippen LogP contribution is 2.37. The minimum Gasteiger partial charge on any atom is -0.370 e. The number of amides is 2. The summed E-state index contributed by atoms with van der Waals surface area (Å²) in [5.74, 6) is -0.167. The fourth-order valence-corrected chi connectivity index (χ4v) is 4.42. The van der Waals surface area contributed by atoms with E-state index >= 15 is 0 Å². The first-order valence-electron chi connectivity index (χ1n) is 9.97. The minimum atomic E-state index is -0.310. The van der Waals surface area contributed by atoms with E-state index in [0.29, 0.717) is 6.42 Å². The number of ether oxygens (including phenoxy) is 1. The van der Waals surface area contributed by atoms with E-state index < -0.39 is 0 Å². The van der Waals surface area contributed by atoms with Crippen LogP contribution in [-0.2, 0) is 14.3 Å². The summed E-state index contributed by atoms with van der Waals surface area (Å²) in [7, 11) is 0. The Morgan fingerprint density at radius 3 is 2.69 bits per heavy atom. The fourth-order valence-electron chi connectivity index (χ4n) is 4.04. The Kier molecular flexibility index (Phi) is 6.28. The van der Waals surface area contributed by atoms with Crippen LogP contribution >= 0.6 is 15.9 Å². The van der Waals surface area contributed by atoms with E-state index in [1.807, 2.05) is 48.5 Å². The molecule has 2 aliphatic heterocycles. The van der Waals surface area contributed by atoms with Crippen LogP contribution in [0.5, 0.6) is 0 Å². The first-order valence-corrected chi connectivity index (χ1v) is 10.8. The van der Waals surface area contributed by atoms with Gasteiger partial charge in [-0.15, -0.1) is 0 Å². The zero-order valence-electron chi connectivity index (χ0n) is 16.2. The first kappa shape index (κ1) is 20.1. The molecule has 0 spiro atoms. The van der Waals surface area contributed by atoms with Crippen LogP contribution in [0.15, 0.2) is 53.0 Å². The summed E-state index contributed by atoms with van der Waals surface area (Å²) in [5, 5.41) is 2.96. The number of morpholine rings is 1. The van der Waals surface area contributed by atoms with Crippen molar-refractivity contribution >= 4 is 33.4 Å². The molecule has 0 radical (unpaired) electrons. The molecule has 1 fully saturated rings. The lowest BCUT2D eigenvalue weighted by Crippen LogP contribution is -3.14. The summed E-state index contributed by atoms with van der Waals surface area (Å²) >= 11 is 3.54. The number of hydrogen-bond donors (Lipinski definition) is 2.